The number of nitrogens with zero attached hydrogens (tertiary/aromatic N) is 1. The molecule has 0 fully saturated rings. The minimum Gasteiger partial charge on any atom is -0.321 e. The molecular weight excluding hydrogens is 393 g/mol. The molecule has 1 amide bonds. The van der Waals surface area contributed by atoms with Crippen molar-refractivity contribution in [2.45, 2.75) is 6.92 Å². The second-order valence-corrected chi connectivity index (χ2v) is 8.14. The van der Waals surface area contributed by atoms with Crippen molar-refractivity contribution in [2.24, 2.45) is 0 Å². The van der Waals surface area contributed by atoms with E-state index in [1.54, 1.807) is 19.1 Å². The van der Waals surface area contributed by atoms with Gasteiger partial charge in [0, 0.05) is 11.5 Å². The first-order chi connectivity index (χ1) is 12.6. The van der Waals surface area contributed by atoms with Crippen LogP contribution in [-0.2, 0) is 10.0 Å². The predicted octanol–water partition coefficient (Wildman–Crippen LogP) is 3.96. The van der Waals surface area contributed by atoms with Gasteiger partial charge in [0.25, 0.3) is 5.91 Å². The molecule has 0 spiro atoms. The van der Waals surface area contributed by atoms with Crippen LogP contribution in [-0.4, -0.2) is 25.6 Å². The number of aromatic nitrogens is 1. The molecule has 1 heterocycles. The van der Waals surface area contributed by atoms with Crippen molar-refractivity contribution < 1.29 is 17.6 Å². The molecule has 0 unspecified atom stereocenters. The lowest BCUT2D eigenvalue weighted by molar-refractivity contribution is 0.102. The third kappa shape index (κ3) is 4.53. The Kier molecular flexibility index (Phi) is 5.03. The van der Waals surface area contributed by atoms with Crippen LogP contribution < -0.4 is 10.0 Å². The summed E-state index contributed by atoms with van der Waals surface area (Å²) >= 11 is 6.14. The first-order valence-corrected chi connectivity index (χ1v) is 10.0. The van der Waals surface area contributed by atoms with Crippen LogP contribution >= 0.6 is 11.6 Å². The van der Waals surface area contributed by atoms with E-state index in [9.17, 15) is 17.6 Å². The number of halogens is 2. The van der Waals surface area contributed by atoms with Crippen LogP contribution in [0.25, 0.3) is 10.9 Å². The van der Waals surface area contributed by atoms with Crippen LogP contribution in [0.5, 0.6) is 0 Å². The van der Waals surface area contributed by atoms with E-state index in [0.29, 0.717) is 27.8 Å². The summed E-state index contributed by atoms with van der Waals surface area (Å²) in [4.78, 5) is 16.9. The number of rotatable bonds is 4. The second-order valence-electron chi connectivity index (χ2n) is 5.98. The highest BCUT2D eigenvalue weighted by atomic mass is 35.5. The van der Waals surface area contributed by atoms with E-state index in [0.717, 1.165) is 6.26 Å². The van der Waals surface area contributed by atoms with Crippen molar-refractivity contribution in [1.29, 1.82) is 0 Å². The molecule has 6 nitrogen and oxygen atoms in total. The van der Waals surface area contributed by atoms with E-state index in [4.69, 9.17) is 11.6 Å². The number of aryl methyl sites for hydroxylation is 1. The number of hydrogen-bond acceptors (Lipinski definition) is 4. The molecule has 27 heavy (non-hydrogen) atoms. The van der Waals surface area contributed by atoms with Crippen molar-refractivity contribution in [2.75, 3.05) is 16.3 Å². The minimum absolute atomic E-state index is 0.172. The monoisotopic (exact) mass is 407 g/mol. The van der Waals surface area contributed by atoms with E-state index < -0.39 is 21.7 Å². The fourth-order valence-corrected chi connectivity index (χ4v) is 3.33. The number of nitrogens with one attached hydrogen (secondary N) is 2. The molecule has 1 aromatic heterocycles. The van der Waals surface area contributed by atoms with Gasteiger partial charge in [-0.05, 0) is 43.3 Å². The zero-order chi connectivity index (χ0) is 19.8. The van der Waals surface area contributed by atoms with Crippen molar-refractivity contribution >= 4 is 49.8 Å². The Morgan fingerprint density at radius 2 is 1.89 bits per heavy atom. The van der Waals surface area contributed by atoms with Gasteiger partial charge in [-0.25, -0.2) is 12.8 Å². The lowest BCUT2D eigenvalue weighted by Gasteiger charge is -2.11. The van der Waals surface area contributed by atoms with E-state index in [-0.39, 0.29) is 10.7 Å². The fourth-order valence-electron chi connectivity index (χ4n) is 2.55. The first-order valence-electron chi connectivity index (χ1n) is 7.78. The maximum absolute atomic E-state index is 13.3. The van der Waals surface area contributed by atoms with E-state index in [1.807, 2.05) is 0 Å². The summed E-state index contributed by atoms with van der Waals surface area (Å²) in [7, 11) is -3.43. The van der Waals surface area contributed by atoms with Gasteiger partial charge in [-0.3, -0.25) is 14.5 Å². The Hall–Kier alpha value is -2.71. The van der Waals surface area contributed by atoms with Crippen LogP contribution in [0.15, 0.2) is 42.5 Å². The Labute approximate surface area is 160 Å². The smallest absolute Gasteiger partial charge is 0.257 e. The van der Waals surface area contributed by atoms with Crippen molar-refractivity contribution in [3.05, 3.63) is 64.6 Å². The molecular formula is C18H15ClFN3O3S. The number of hydrogen-bond donors (Lipinski definition) is 2. The van der Waals surface area contributed by atoms with Crippen LogP contribution in [0.4, 0.5) is 15.8 Å². The molecule has 0 bridgehead atoms. The number of sulfonamides is 1. The topological polar surface area (TPSA) is 88.2 Å². The summed E-state index contributed by atoms with van der Waals surface area (Å²) in [5, 5.41) is 3.47. The highest BCUT2D eigenvalue weighted by molar-refractivity contribution is 7.92. The Morgan fingerprint density at radius 3 is 2.56 bits per heavy atom. The van der Waals surface area contributed by atoms with Gasteiger partial charge in [0.1, 0.15) is 5.82 Å². The molecule has 0 saturated carbocycles. The number of pyridine rings is 1. The van der Waals surface area contributed by atoms with Gasteiger partial charge in [0.2, 0.25) is 10.0 Å². The number of amides is 1. The normalized spacial score (nSPS) is 11.4. The maximum atomic E-state index is 13.3. The minimum atomic E-state index is -3.43. The first kappa shape index (κ1) is 19.1. The van der Waals surface area contributed by atoms with E-state index in [2.05, 4.69) is 15.0 Å². The lowest BCUT2D eigenvalue weighted by Crippen LogP contribution is -2.15. The molecule has 0 radical (unpaired) electrons. The van der Waals surface area contributed by atoms with Gasteiger partial charge >= 0.3 is 0 Å². The Bertz CT molecular complexity index is 1170. The molecule has 9 heteroatoms. The molecule has 2 aromatic carbocycles. The molecule has 0 aliphatic rings. The molecule has 0 aliphatic heterocycles. The fraction of sp³-hybridized carbons (Fsp3) is 0.111. The molecule has 3 aromatic rings. The molecule has 0 saturated heterocycles. The number of carbonyl (C=O) groups excluding carboxylic acids is 1. The zero-order valence-corrected chi connectivity index (χ0v) is 16.0. The molecule has 2 N–H and O–H groups in total. The Morgan fingerprint density at radius 1 is 1.15 bits per heavy atom. The SMILES string of the molecule is Cc1nc2cc(F)ccc2cc1C(=O)Nc1ccc(NS(C)(=O)=O)cc1Cl. The van der Waals surface area contributed by atoms with Crippen LogP contribution in [0.1, 0.15) is 16.1 Å². The van der Waals surface area contributed by atoms with Crippen LogP contribution in [0, 0.1) is 12.7 Å². The van der Waals surface area contributed by atoms with Gasteiger partial charge in [-0.1, -0.05) is 11.6 Å². The average Bonchev–Trinajstić information content (AvgIpc) is 2.55. The standard InChI is InChI=1S/C18H15ClFN3O3S/c1-10-14(7-11-3-4-12(20)8-17(11)21-10)18(24)22-16-6-5-13(9-15(16)19)23-27(2,25)26/h3-9,23H,1-2H3,(H,22,24). The van der Waals surface area contributed by atoms with Crippen molar-refractivity contribution in [3.63, 3.8) is 0 Å². The number of anilines is 2. The zero-order valence-electron chi connectivity index (χ0n) is 14.4. The summed E-state index contributed by atoms with van der Waals surface area (Å²) in [5.74, 6) is -0.835. The van der Waals surface area contributed by atoms with Gasteiger partial charge in [-0.15, -0.1) is 0 Å². The molecule has 0 atom stereocenters. The van der Waals surface area contributed by atoms with Gasteiger partial charge in [0.15, 0.2) is 0 Å². The average molecular weight is 408 g/mol. The number of carbonyl (C=O) groups is 1. The third-order valence-corrected chi connectivity index (χ3v) is 4.65. The Balaban J connectivity index is 1.88. The summed E-state index contributed by atoms with van der Waals surface area (Å²) in [6.07, 6.45) is 1.03. The molecule has 140 valence electrons. The van der Waals surface area contributed by atoms with E-state index >= 15 is 0 Å². The van der Waals surface area contributed by atoms with Crippen LogP contribution in [0.2, 0.25) is 5.02 Å². The predicted molar refractivity (Wildman–Crippen MR) is 104 cm³/mol. The van der Waals surface area contributed by atoms with E-state index in [1.165, 1.54) is 30.3 Å². The second kappa shape index (κ2) is 7.13. The highest BCUT2D eigenvalue weighted by Gasteiger charge is 2.14. The summed E-state index contributed by atoms with van der Waals surface area (Å²) in [6.45, 7) is 1.65. The molecule has 0 aliphatic carbocycles. The number of benzene rings is 2. The summed E-state index contributed by atoms with van der Waals surface area (Å²) in [6, 6.07) is 10.1. The van der Waals surface area contributed by atoms with Gasteiger partial charge in [-0.2, -0.15) is 0 Å². The number of fused-ring (bicyclic) bond motifs is 1. The third-order valence-electron chi connectivity index (χ3n) is 3.74. The largest absolute Gasteiger partial charge is 0.321 e. The van der Waals surface area contributed by atoms with Crippen molar-refractivity contribution in [3.8, 4) is 0 Å². The molecule has 3 rings (SSSR count). The summed E-state index contributed by atoms with van der Waals surface area (Å²) < 4.78 is 38.2. The lowest BCUT2D eigenvalue weighted by atomic mass is 10.1. The van der Waals surface area contributed by atoms with Gasteiger partial charge in [0.05, 0.1) is 39.4 Å². The summed E-state index contributed by atoms with van der Waals surface area (Å²) in [5.41, 5.74) is 1.82. The van der Waals surface area contributed by atoms with Gasteiger partial charge < -0.3 is 5.32 Å². The maximum Gasteiger partial charge on any atom is 0.257 e. The van der Waals surface area contributed by atoms with Crippen LogP contribution in [0.3, 0.4) is 0 Å². The highest BCUT2D eigenvalue weighted by Crippen LogP contribution is 2.27. The quantitative estimate of drug-likeness (QED) is 0.685. The van der Waals surface area contributed by atoms with Crippen molar-refractivity contribution in [1.82, 2.24) is 4.98 Å².